The topological polar surface area (TPSA) is 49.4 Å². The van der Waals surface area contributed by atoms with Crippen molar-refractivity contribution in [1.29, 1.82) is 0 Å². The summed E-state index contributed by atoms with van der Waals surface area (Å²) in [4.78, 5) is 0.317. The maximum absolute atomic E-state index is 12.4. The Morgan fingerprint density at radius 3 is 2.67 bits per heavy atom. The second kappa shape index (κ2) is 5.57. The van der Waals surface area contributed by atoms with Crippen LogP contribution in [0.4, 0.5) is 0 Å². The smallest absolute Gasteiger partial charge is 0.243 e. The maximum Gasteiger partial charge on any atom is 0.243 e. The van der Waals surface area contributed by atoms with Gasteiger partial charge in [0.1, 0.15) is 0 Å². The Morgan fingerprint density at radius 2 is 2.06 bits per heavy atom. The molecule has 1 aliphatic heterocycles. The van der Waals surface area contributed by atoms with Crippen LogP contribution >= 0.6 is 11.6 Å². The normalized spacial score (nSPS) is 21.3. The summed E-state index contributed by atoms with van der Waals surface area (Å²) in [6, 6.07) is 6.33. The van der Waals surface area contributed by atoms with Gasteiger partial charge in [0.25, 0.3) is 0 Å². The minimum atomic E-state index is -3.36. The molecule has 1 heterocycles. The summed E-state index contributed by atoms with van der Waals surface area (Å²) in [6.07, 6.45) is 0.910. The number of hydrogen-bond donors (Lipinski definition) is 1. The molecule has 0 bridgehead atoms. The average Bonchev–Trinajstić information content (AvgIpc) is 2.79. The first-order valence-electron chi connectivity index (χ1n) is 5.94. The summed E-state index contributed by atoms with van der Waals surface area (Å²) >= 11 is 5.77. The summed E-state index contributed by atoms with van der Waals surface area (Å²) in [5.41, 5.74) is 0. The minimum absolute atomic E-state index is 0.317. The van der Waals surface area contributed by atoms with E-state index in [4.69, 9.17) is 11.6 Å². The molecule has 100 valence electrons. The maximum atomic E-state index is 12.4. The minimum Gasteiger partial charge on any atom is -0.319 e. The Labute approximate surface area is 113 Å². The van der Waals surface area contributed by atoms with E-state index in [0.29, 0.717) is 28.9 Å². The van der Waals surface area contributed by atoms with E-state index in [-0.39, 0.29) is 0 Å². The van der Waals surface area contributed by atoms with E-state index in [1.54, 1.807) is 28.6 Å². The number of hydrogen-bond acceptors (Lipinski definition) is 3. The van der Waals surface area contributed by atoms with E-state index in [0.717, 1.165) is 13.0 Å². The Morgan fingerprint density at radius 1 is 1.39 bits per heavy atom. The fourth-order valence-corrected chi connectivity index (χ4v) is 3.88. The van der Waals surface area contributed by atoms with Crippen molar-refractivity contribution in [2.24, 2.45) is 5.92 Å². The van der Waals surface area contributed by atoms with Crippen LogP contribution in [0.3, 0.4) is 0 Å². The number of halogens is 1. The molecule has 1 aromatic rings. The zero-order valence-corrected chi connectivity index (χ0v) is 11.8. The van der Waals surface area contributed by atoms with Gasteiger partial charge in [0.05, 0.1) is 4.90 Å². The van der Waals surface area contributed by atoms with Crippen molar-refractivity contribution < 1.29 is 8.42 Å². The zero-order chi connectivity index (χ0) is 13.2. The van der Waals surface area contributed by atoms with Crippen LogP contribution < -0.4 is 5.32 Å². The van der Waals surface area contributed by atoms with Crippen LogP contribution in [0, 0.1) is 5.92 Å². The molecule has 0 spiro atoms. The van der Waals surface area contributed by atoms with Crippen LogP contribution in [0.5, 0.6) is 0 Å². The third-order valence-electron chi connectivity index (χ3n) is 3.19. The largest absolute Gasteiger partial charge is 0.319 e. The molecule has 1 N–H and O–H groups in total. The highest BCUT2D eigenvalue weighted by Crippen LogP contribution is 2.24. The lowest BCUT2D eigenvalue weighted by molar-refractivity contribution is 0.451. The fraction of sp³-hybridized carbons (Fsp3) is 0.500. The van der Waals surface area contributed by atoms with Gasteiger partial charge < -0.3 is 5.32 Å². The highest BCUT2D eigenvalue weighted by molar-refractivity contribution is 7.89. The monoisotopic (exact) mass is 288 g/mol. The van der Waals surface area contributed by atoms with E-state index in [9.17, 15) is 8.42 Å². The summed E-state index contributed by atoms with van der Waals surface area (Å²) < 4.78 is 26.3. The SMILES string of the molecule is CNCC1CCN(S(=O)(=O)c2ccc(Cl)cc2)C1. The Hall–Kier alpha value is -0.620. The molecule has 4 nitrogen and oxygen atoms in total. The van der Waals surface area contributed by atoms with Crippen LogP contribution in [-0.2, 0) is 10.0 Å². The van der Waals surface area contributed by atoms with Gasteiger partial charge in [-0.2, -0.15) is 4.31 Å². The highest BCUT2D eigenvalue weighted by atomic mass is 35.5. The molecular weight excluding hydrogens is 272 g/mol. The van der Waals surface area contributed by atoms with E-state index in [1.165, 1.54) is 0 Å². The molecule has 6 heteroatoms. The molecule has 2 rings (SSSR count). The fourth-order valence-electron chi connectivity index (χ4n) is 2.23. The van der Waals surface area contributed by atoms with E-state index >= 15 is 0 Å². The third kappa shape index (κ3) is 2.85. The van der Waals surface area contributed by atoms with Crippen molar-refractivity contribution in [1.82, 2.24) is 9.62 Å². The molecule has 0 aromatic heterocycles. The van der Waals surface area contributed by atoms with Crippen molar-refractivity contribution in [2.75, 3.05) is 26.7 Å². The van der Waals surface area contributed by atoms with Crippen LogP contribution in [0.15, 0.2) is 29.2 Å². The van der Waals surface area contributed by atoms with Gasteiger partial charge in [0.15, 0.2) is 0 Å². The summed E-state index contributed by atoms with van der Waals surface area (Å²) in [7, 11) is -1.47. The van der Waals surface area contributed by atoms with E-state index in [2.05, 4.69) is 5.32 Å². The predicted molar refractivity (Wildman–Crippen MR) is 72.2 cm³/mol. The van der Waals surface area contributed by atoms with Gasteiger partial charge in [-0.15, -0.1) is 0 Å². The van der Waals surface area contributed by atoms with Gasteiger partial charge in [-0.1, -0.05) is 11.6 Å². The first kappa shape index (κ1) is 13.8. The van der Waals surface area contributed by atoms with Gasteiger partial charge >= 0.3 is 0 Å². The van der Waals surface area contributed by atoms with Crippen molar-refractivity contribution in [3.05, 3.63) is 29.3 Å². The van der Waals surface area contributed by atoms with Gasteiger partial charge in [-0.05, 0) is 50.2 Å². The number of nitrogens with zero attached hydrogens (tertiary/aromatic N) is 1. The molecule has 1 aliphatic rings. The van der Waals surface area contributed by atoms with Gasteiger partial charge in [-0.3, -0.25) is 0 Å². The molecule has 0 amide bonds. The molecule has 1 aromatic carbocycles. The van der Waals surface area contributed by atoms with Crippen molar-refractivity contribution in [2.45, 2.75) is 11.3 Å². The molecule has 18 heavy (non-hydrogen) atoms. The molecular formula is C12H17ClN2O2S. The molecule has 1 atom stereocenters. The standard InChI is InChI=1S/C12H17ClN2O2S/c1-14-8-10-6-7-15(9-10)18(16,17)12-4-2-11(13)3-5-12/h2-5,10,14H,6-9H2,1H3. The molecule has 0 saturated carbocycles. The second-order valence-corrected chi connectivity index (χ2v) is 6.90. The predicted octanol–water partition coefficient (Wildman–Crippen LogP) is 1.57. The van der Waals surface area contributed by atoms with Crippen LogP contribution in [0.2, 0.25) is 5.02 Å². The molecule has 1 fully saturated rings. The molecule has 0 radical (unpaired) electrons. The second-order valence-electron chi connectivity index (χ2n) is 4.53. The molecule has 0 aliphatic carbocycles. The van der Waals surface area contributed by atoms with Crippen molar-refractivity contribution in [3.8, 4) is 0 Å². The number of sulfonamides is 1. The zero-order valence-electron chi connectivity index (χ0n) is 10.3. The summed E-state index contributed by atoms with van der Waals surface area (Å²) in [5.74, 6) is 0.400. The van der Waals surface area contributed by atoms with Gasteiger partial charge in [0.2, 0.25) is 10.0 Å². The third-order valence-corrected chi connectivity index (χ3v) is 5.32. The van der Waals surface area contributed by atoms with Crippen LogP contribution in [-0.4, -0.2) is 39.4 Å². The number of rotatable bonds is 4. The lowest BCUT2D eigenvalue weighted by Gasteiger charge is -2.16. The Balaban J connectivity index is 2.15. The highest BCUT2D eigenvalue weighted by Gasteiger charge is 2.31. The van der Waals surface area contributed by atoms with E-state index < -0.39 is 10.0 Å². The molecule has 1 saturated heterocycles. The van der Waals surface area contributed by atoms with Crippen LogP contribution in [0.1, 0.15) is 6.42 Å². The quantitative estimate of drug-likeness (QED) is 0.915. The first-order valence-corrected chi connectivity index (χ1v) is 7.76. The number of nitrogens with one attached hydrogen (secondary N) is 1. The van der Waals surface area contributed by atoms with E-state index in [1.807, 2.05) is 7.05 Å². The number of benzene rings is 1. The lowest BCUT2D eigenvalue weighted by atomic mass is 10.1. The summed E-state index contributed by atoms with van der Waals surface area (Å²) in [6.45, 7) is 2.04. The molecule has 1 unspecified atom stereocenters. The average molecular weight is 289 g/mol. The van der Waals surface area contributed by atoms with Gasteiger partial charge in [-0.25, -0.2) is 8.42 Å². The Kier molecular flexibility index (Phi) is 4.27. The van der Waals surface area contributed by atoms with Crippen molar-refractivity contribution >= 4 is 21.6 Å². The summed E-state index contributed by atoms with van der Waals surface area (Å²) in [5, 5.41) is 3.63. The Bertz CT molecular complexity index is 501. The lowest BCUT2D eigenvalue weighted by Crippen LogP contribution is -2.30. The van der Waals surface area contributed by atoms with Crippen molar-refractivity contribution in [3.63, 3.8) is 0 Å². The first-order chi connectivity index (χ1) is 8.54. The van der Waals surface area contributed by atoms with Crippen LogP contribution in [0.25, 0.3) is 0 Å². The van der Waals surface area contributed by atoms with Gasteiger partial charge in [0, 0.05) is 18.1 Å².